The first kappa shape index (κ1) is 11.9. The first-order valence-electron chi connectivity index (χ1n) is 5.82. The fourth-order valence-electron chi connectivity index (χ4n) is 1.93. The van der Waals surface area contributed by atoms with Gasteiger partial charge in [-0.15, -0.1) is 0 Å². The summed E-state index contributed by atoms with van der Waals surface area (Å²) in [5.74, 6) is 0.890. The molecule has 1 aromatic rings. The zero-order chi connectivity index (χ0) is 12.3. The van der Waals surface area contributed by atoms with E-state index < -0.39 is 0 Å². The average Bonchev–Trinajstić information content (AvgIpc) is 2.39. The molecule has 0 aliphatic carbocycles. The fraction of sp³-hybridized carbons (Fsp3) is 0.462. The van der Waals surface area contributed by atoms with E-state index in [1.807, 2.05) is 29.2 Å². The molecule has 1 aliphatic heterocycles. The van der Waals surface area contributed by atoms with Crippen LogP contribution in [0.15, 0.2) is 24.3 Å². The van der Waals surface area contributed by atoms with Crippen molar-refractivity contribution in [1.29, 1.82) is 0 Å². The molecule has 0 saturated carbocycles. The lowest BCUT2D eigenvalue weighted by Crippen LogP contribution is -2.47. The van der Waals surface area contributed by atoms with Gasteiger partial charge in [-0.2, -0.15) is 0 Å². The molecule has 1 amide bonds. The highest BCUT2D eigenvalue weighted by molar-refractivity contribution is 5.94. The second-order valence-corrected chi connectivity index (χ2v) is 4.32. The van der Waals surface area contributed by atoms with Crippen molar-refractivity contribution in [2.45, 2.75) is 0 Å². The van der Waals surface area contributed by atoms with Gasteiger partial charge in [-0.3, -0.25) is 4.79 Å². The van der Waals surface area contributed by atoms with Gasteiger partial charge in [0.15, 0.2) is 0 Å². The maximum Gasteiger partial charge on any atom is 0.253 e. The van der Waals surface area contributed by atoms with Gasteiger partial charge in [0.2, 0.25) is 0 Å². The molecule has 1 fully saturated rings. The third-order valence-corrected chi connectivity index (χ3v) is 3.13. The van der Waals surface area contributed by atoms with Crippen molar-refractivity contribution < 1.29 is 9.53 Å². The molecule has 0 spiro atoms. The van der Waals surface area contributed by atoms with Crippen molar-refractivity contribution >= 4 is 5.91 Å². The molecule has 1 aromatic carbocycles. The van der Waals surface area contributed by atoms with Crippen LogP contribution in [-0.2, 0) is 0 Å². The third-order valence-electron chi connectivity index (χ3n) is 3.13. The SMILES string of the molecule is COc1ccc(C(=O)N2CCN(C)CC2)cc1. The topological polar surface area (TPSA) is 32.8 Å². The molecule has 1 saturated heterocycles. The smallest absolute Gasteiger partial charge is 0.253 e. The van der Waals surface area contributed by atoms with E-state index in [0.29, 0.717) is 0 Å². The molecule has 1 heterocycles. The molecule has 2 rings (SSSR count). The Kier molecular flexibility index (Phi) is 3.64. The summed E-state index contributed by atoms with van der Waals surface area (Å²) in [5, 5.41) is 0. The van der Waals surface area contributed by atoms with Gasteiger partial charge in [0.25, 0.3) is 5.91 Å². The molecule has 92 valence electrons. The minimum Gasteiger partial charge on any atom is -0.497 e. The average molecular weight is 234 g/mol. The molecule has 0 aromatic heterocycles. The molecular formula is C13H18N2O2. The Hall–Kier alpha value is -1.55. The Bertz CT molecular complexity index is 381. The largest absolute Gasteiger partial charge is 0.497 e. The molecule has 0 unspecified atom stereocenters. The minimum atomic E-state index is 0.112. The maximum absolute atomic E-state index is 12.2. The van der Waals surface area contributed by atoms with Crippen LogP contribution >= 0.6 is 0 Å². The van der Waals surface area contributed by atoms with Crippen molar-refractivity contribution in [2.24, 2.45) is 0 Å². The summed E-state index contributed by atoms with van der Waals surface area (Å²) >= 11 is 0. The number of ether oxygens (including phenoxy) is 1. The van der Waals surface area contributed by atoms with Crippen LogP contribution in [0.5, 0.6) is 5.75 Å². The van der Waals surface area contributed by atoms with Crippen LogP contribution in [0.1, 0.15) is 10.4 Å². The Balaban J connectivity index is 2.03. The van der Waals surface area contributed by atoms with E-state index in [2.05, 4.69) is 11.9 Å². The molecule has 0 radical (unpaired) electrons. The number of benzene rings is 1. The van der Waals surface area contributed by atoms with Gasteiger partial charge in [-0.25, -0.2) is 0 Å². The second-order valence-electron chi connectivity index (χ2n) is 4.32. The summed E-state index contributed by atoms with van der Waals surface area (Å²) in [6, 6.07) is 7.28. The number of likely N-dealkylation sites (N-methyl/N-ethyl adjacent to an activating group) is 1. The number of hydrogen-bond donors (Lipinski definition) is 0. The Morgan fingerprint density at radius 3 is 2.24 bits per heavy atom. The Morgan fingerprint density at radius 1 is 1.12 bits per heavy atom. The minimum absolute atomic E-state index is 0.112. The van der Waals surface area contributed by atoms with Crippen LogP contribution < -0.4 is 4.74 Å². The van der Waals surface area contributed by atoms with Crippen molar-refractivity contribution in [3.63, 3.8) is 0 Å². The lowest BCUT2D eigenvalue weighted by atomic mass is 10.1. The van der Waals surface area contributed by atoms with Crippen molar-refractivity contribution in [3.8, 4) is 5.75 Å². The van der Waals surface area contributed by atoms with Crippen LogP contribution in [0.3, 0.4) is 0 Å². The number of carbonyl (C=O) groups excluding carboxylic acids is 1. The number of methoxy groups -OCH3 is 1. The Morgan fingerprint density at radius 2 is 1.71 bits per heavy atom. The Labute approximate surface area is 102 Å². The summed E-state index contributed by atoms with van der Waals surface area (Å²) in [7, 11) is 3.70. The molecular weight excluding hydrogens is 216 g/mol. The lowest BCUT2D eigenvalue weighted by molar-refractivity contribution is 0.0664. The summed E-state index contributed by atoms with van der Waals surface area (Å²) in [4.78, 5) is 16.3. The van der Waals surface area contributed by atoms with Crippen molar-refractivity contribution in [3.05, 3.63) is 29.8 Å². The van der Waals surface area contributed by atoms with Gasteiger partial charge in [0, 0.05) is 31.7 Å². The predicted octanol–water partition coefficient (Wildman–Crippen LogP) is 1.08. The summed E-state index contributed by atoms with van der Waals surface area (Å²) in [6.45, 7) is 3.51. The van der Waals surface area contributed by atoms with Gasteiger partial charge in [-0.1, -0.05) is 0 Å². The number of amides is 1. The normalized spacial score (nSPS) is 16.9. The number of rotatable bonds is 2. The third kappa shape index (κ3) is 2.77. The lowest BCUT2D eigenvalue weighted by Gasteiger charge is -2.32. The summed E-state index contributed by atoms with van der Waals surface area (Å²) in [6.07, 6.45) is 0. The molecule has 0 atom stereocenters. The maximum atomic E-state index is 12.2. The van der Waals surface area contributed by atoms with E-state index in [4.69, 9.17) is 4.74 Å². The number of nitrogens with zero attached hydrogens (tertiary/aromatic N) is 2. The van der Waals surface area contributed by atoms with Crippen LogP contribution in [0.25, 0.3) is 0 Å². The quantitative estimate of drug-likeness (QED) is 0.767. The van der Waals surface area contributed by atoms with Crippen molar-refractivity contribution in [1.82, 2.24) is 9.80 Å². The molecule has 0 bridgehead atoms. The van der Waals surface area contributed by atoms with Gasteiger partial charge in [0.1, 0.15) is 5.75 Å². The fourth-order valence-corrected chi connectivity index (χ4v) is 1.93. The van der Waals surface area contributed by atoms with Crippen LogP contribution in [0, 0.1) is 0 Å². The van der Waals surface area contributed by atoms with Gasteiger partial charge >= 0.3 is 0 Å². The van der Waals surface area contributed by atoms with E-state index in [0.717, 1.165) is 37.5 Å². The molecule has 17 heavy (non-hydrogen) atoms. The second kappa shape index (κ2) is 5.19. The highest BCUT2D eigenvalue weighted by atomic mass is 16.5. The van der Waals surface area contributed by atoms with E-state index in [1.165, 1.54) is 0 Å². The number of carbonyl (C=O) groups is 1. The standard InChI is InChI=1S/C13H18N2O2/c1-14-7-9-15(10-8-14)13(16)11-3-5-12(17-2)6-4-11/h3-6H,7-10H2,1-2H3. The molecule has 4 nitrogen and oxygen atoms in total. The van der Waals surface area contributed by atoms with E-state index in [9.17, 15) is 4.79 Å². The molecule has 4 heteroatoms. The van der Waals surface area contributed by atoms with Gasteiger partial charge < -0.3 is 14.5 Å². The molecule has 1 aliphatic rings. The van der Waals surface area contributed by atoms with Gasteiger partial charge in [0.05, 0.1) is 7.11 Å². The molecule has 0 N–H and O–H groups in total. The van der Waals surface area contributed by atoms with Crippen molar-refractivity contribution in [2.75, 3.05) is 40.3 Å². The first-order valence-corrected chi connectivity index (χ1v) is 5.82. The first-order chi connectivity index (χ1) is 8.20. The van der Waals surface area contributed by atoms with E-state index in [1.54, 1.807) is 7.11 Å². The summed E-state index contributed by atoms with van der Waals surface area (Å²) in [5.41, 5.74) is 0.732. The predicted molar refractivity (Wildman–Crippen MR) is 66.4 cm³/mol. The highest BCUT2D eigenvalue weighted by Crippen LogP contribution is 2.13. The zero-order valence-electron chi connectivity index (χ0n) is 10.3. The van der Waals surface area contributed by atoms with Gasteiger partial charge in [-0.05, 0) is 31.3 Å². The number of hydrogen-bond acceptors (Lipinski definition) is 3. The van der Waals surface area contributed by atoms with Crippen LogP contribution in [0.2, 0.25) is 0 Å². The number of piperazine rings is 1. The zero-order valence-corrected chi connectivity index (χ0v) is 10.3. The van der Waals surface area contributed by atoms with Crippen LogP contribution in [-0.4, -0.2) is 56.0 Å². The monoisotopic (exact) mass is 234 g/mol. The van der Waals surface area contributed by atoms with E-state index >= 15 is 0 Å². The highest BCUT2D eigenvalue weighted by Gasteiger charge is 2.19. The van der Waals surface area contributed by atoms with E-state index in [-0.39, 0.29) is 5.91 Å². The summed E-state index contributed by atoms with van der Waals surface area (Å²) < 4.78 is 5.08. The van der Waals surface area contributed by atoms with Crippen LogP contribution in [0.4, 0.5) is 0 Å².